The molecule has 0 saturated carbocycles. The number of benzene rings is 1. The maximum absolute atomic E-state index is 12.5. The minimum absolute atomic E-state index is 0.0563. The van der Waals surface area contributed by atoms with Crippen LogP contribution in [-0.4, -0.2) is 39.5 Å². The van der Waals surface area contributed by atoms with Gasteiger partial charge < -0.3 is 19.2 Å². The third-order valence-electron chi connectivity index (χ3n) is 5.59. The van der Waals surface area contributed by atoms with Crippen LogP contribution < -0.4 is 10.2 Å². The van der Waals surface area contributed by atoms with Crippen LogP contribution in [0.1, 0.15) is 38.4 Å². The lowest BCUT2D eigenvalue weighted by Crippen LogP contribution is -2.23. The number of furan rings is 1. The first kappa shape index (κ1) is 21.5. The highest BCUT2D eigenvalue weighted by molar-refractivity contribution is 7.99. The molecule has 0 unspecified atom stereocenters. The van der Waals surface area contributed by atoms with Gasteiger partial charge in [0, 0.05) is 31.0 Å². The van der Waals surface area contributed by atoms with E-state index >= 15 is 0 Å². The van der Waals surface area contributed by atoms with Gasteiger partial charge in [0.15, 0.2) is 11.0 Å². The van der Waals surface area contributed by atoms with Crippen LogP contribution in [0.4, 0.5) is 11.4 Å². The Balaban J connectivity index is 1.34. The van der Waals surface area contributed by atoms with Crippen molar-refractivity contribution >= 4 is 29.0 Å². The molecule has 1 fully saturated rings. The standard InChI is InChI=1S/C23H29N5O2S/c1-3-28-22(20-12-15-30-17(20)2)25-26-23(28)31-16-21(29)24-18-8-10-19(11-9-18)27-13-6-4-5-7-14-27/h8-12,15H,3-7,13-14,16H2,1-2H3,(H,24,29). The Labute approximate surface area is 187 Å². The predicted molar refractivity (Wildman–Crippen MR) is 125 cm³/mol. The van der Waals surface area contributed by atoms with Gasteiger partial charge in [-0.05, 0) is 57.0 Å². The fourth-order valence-electron chi connectivity index (χ4n) is 3.91. The number of hydrogen-bond donors (Lipinski definition) is 1. The highest BCUT2D eigenvalue weighted by atomic mass is 32.2. The molecule has 3 aromatic rings. The average Bonchev–Trinajstić information content (AvgIpc) is 3.28. The summed E-state index contributed by atoms with van der Waals surface area (Å²) in [6.45, 7) is 6.89. The van der Waals surface area contributed by atoms with Gasteiger partial charge in [0.25, 0.3) is 0 Å². The van der Waals surface area contributed by atoms with Crippen molar-refractivity contribution in [3.8, 4) is 11.4 Å². The van der Waals surface area contributed by atoms with E-state index in [-0.39, 0.29) is 11.7 Å². The zero-order chi connectivity index (χ0) is 21.6. The van der Waals surface area contributed by atoms with E-state index in [0.29, 0.717) is 0 Å². The largest absolute Gasteiger partial charge is 0.469 e. The summed E-state index contributed by atoms with van der Waals surface area (Å²) in [5, 5.41) is 12.3. The van der Waals surface area contributed by atoms with Crippen molar-refractivity contribution in [1.29, 1.82) is 0 Å². The monoisotopic (exact) mass is 439 g/mol. The predicted octanol–water partition coefficient (Wildman–Crippen LogP) is 4.98. The quantitative estimate of drug-likeness (QED) is 0.524. The number of rotatable bonds is 7. The molecule has 1 aromatic carbocycles. The minimum Gasteiger partial charge on any atom is -0.469 e. The third kappa shape index (κ3) is 5.12. The van der Waals surface area contributed by atoms with E-state index in [9.17, 15) is 4.79 Å². The van der Waals surface area contributed by atoms with Crippen LogP contribution >= 0.6 is 11.8 Å². The van der Waals surface area contributed by atoms with Gasteiger partial charge in [0.1, 0.15) is 5.76 Å². The van der Waals surface area contributed by atoms with Crippen molar-refractivity contribution in [2.45, 2.75) is 51.2 Å². The van der Waals surface area contributed by atoms with Gasteiger partial charge in [0.05, 0.1) is 17.6 Å². The van der Waals surface area contributed by atoms with E-state index in [2.05, 4.69) is 32.5 Å². The lowest BCUT2D eigenvalue weighted by molar-refractivity contribution is -0.113. The molecule has 1 aliphatic rings. The number of anilines is 2. The zero-order valence-corrected chi connectivity index (χ0v) is 19.0. The molecule has 2 aromatic heterocycles. The summed E-state index contributed by atoms with van der Waals surface area (Å²) in [5.74, 6) is 1.79. The maximum atomic E-state index is 12.5. The first-order chi connectivity index (χ1) is 15.2. The van der Waals surface area contributed by atoms with E-state index in [0.717, 1.165) is 47.6 Å². The molecule has 0 aliphatic carbocycles. The number of nitrogens with one attached hydrogen (secondary N) is 1. The van der Waals surface area contributed by atoms with Crippen molar-refractivity contribution in [3.05, 3.63) is 42.4 Å². The summed E-state index contributed by atoms with van der Waals surface area (Å²) in [7, 11) is 0. The van der Waals surface area contributed by atoms with E-state index in [1.54, 1.807) is 6.26 Å². The Morgan fingerprint density at radius 2 is 1.84 bits per heavy atom. The first-order valence-corrected chi connectivity index (χ1v) is 11.9. The van der Waals surface area contributed by atoms with Gasteiger partial charge in [-0.25, -0.2) is 0 Å². The van der Waals surface area contributed by atoms with Crippen LogP contribution in [0.2, 0.25) is 0 Å². The van der Waals surface area contributed by atoms with Gasteiger partial charge in [-0.15, -0.1) is 10.2 Å². The summed E-state index contributed by atoms with van der Waals surface area (Å²) in [4.78, 5) is 14.9. The lowest BCUT2D eigenvalue weighted by atomic mass is 10.2. The summed E-state index contributed by atoms with van der Waals surface area (Å²) < 4.78 is 7.40. The topological polar surface area (TPSA) is 76.2 Å². The second kappa shape index (κ2) is 10.0. The van der Waals surface area contributed by atoms with Crippen molar-refractivity contribution in [2.24, 2.45) is 0 Å². The van der Waals surface area contributed by atoms with Crippen molar-refractivity contribution in [3.63, 3.8) is 0 Å². The summed E-state index contributed by atoms with van der Waals surface area (Å²) in [6.07, 6.45) is 6.78. The van der Waals surface area contributed by atoms with Crippen LogP contribution in [-0.2, 0) is 11.3 Å². The number of aromatic nitrogens is 3. The molecule has 1 saturated heterocycles. The smallest absolute Gasteiger partial charge is 0.234 e. The SMILES string of the molecule is CCn1c(SCC(=O)Nc2ccc(N3CCCCCC3)cc2)nnc1-c1ccoc1C. The molecule has 1 aliphatic heterocycles. The number of hydrogen-bond acceptors (Lipinski definition) is 6. The van der Waals surface area contributed by atoms with E-state index in [1.165, 1.54) is 43.1 Å². The molecule has 164 valence electrons. The molecule has 1 amide bonds. The van der Waals surface area contributed by atoms with Gasteiger partial charge in [0.2, 0.25) is 5.91 Å². The molecule has 7 nitrogen and oxygen atoms in total. The van der Waals surface area contributed by atoms with Crippen LogP contribution in [0.15, 0.2) is 46.2 Å². The maximum Gasteiger partial charge on any atom is 0.234 e. The molecule has 0 bridgehead atoms. The zero-order valence-electron chi connectivity index (χ0n) is 18.1. The Kier molecular flexibility index (Phi) is 6.96. The molecule has 1 N–H and O–H groups in total. The third-order valence-corrected chi connectivity index (χ3v) is 6.55. The molecule has 31 heavy (non-hydrogen) atoms. The van der Waals surface area contributed by atoms with Crippen molar-refractivity contribution in [2.75, 3.05) is 29.1 Å². The normalized spacial score (nSPS) is 14.5. The second-order valence-corrected chi connectivity index (χ2v) is 8.67. The van der Waals surface area contributed by atoms with Crippen LogP contribution in [0.25, 0.3) is 11.4 Å². The number of amides is 1. The molecule has 0 atom stereocenters. The van der Waals surface area contributed by atoms with Crippen molar-refractivity contribution < 1.29 is 9.21 Å². The van der Waals surface area contributed by atoms with Crippen molar-refractivity contribution in [1.82, 2.24) is 14.8 Å². The number of nitrogens with zero attached hydrogens (tertiary/aromatic N) is 4. The van der Waals surface area contributed by atoms with E-state index < -0.39 is 0 Å². The summed E-state index contributed by atoms with van der Waals surface area (Å²) in [5.41, 5.74) is 2.97. The summed E-state index contributed by atoms with van der Waals surface area (Å²) in [6, 6.07) is 10.1. The van der Waals surface area contributed by atoms with E-state index in [4.69, 9.17) is 4.42 Å². The summed E-state index contributed by atoms with van der Waals surface area (Å²) >= 11 is 1.39. The highest BCUT2D eigenvalue weighted by Crippen LogP contribution is 2.27. The molecular weight excluding hydrogens is 410 g/mol. The fraction of sp³-hybridized carbons (Fsp3) is 0.435. The lowest BCUT2D eigenvalue weighted by Gasteiger charge is -2.22. The molecule has 4 rings (SSSR count). The number of aryl methyl sites for hydroxylation is 1. The molecule has 0 spiro atoms. The van der Waals surface area contributed by atoms with Gasteiger partial charge in [-0.2, -0.15) is 0 Å². The van der Waals surface area contributed by atoms with Gasteiger partial charge in [-0.3, -0.25) is 4.79 Å². The fourth-order valence-corrected chi connectivity index (χ4v) is 4.71. The average molecular weight is 440 g/mol. The van der Waals surface area contributed by atoms with Crippen LogP contribution in [0.5, 0.6) is 0 Å². The van der Waals surface area contributed by atoms with E-state index in [1.807, 2.05) is 36.6 Å². The highest BCUT2D eigenvalue weighted by Gasteiger charge is 2.17. The molecule has 3 heterocycles. The minimum atomic E-state index is -0.0563. The Morgan fingerprint density at radius 3 is 2.48 bits per heavy atom. The van der Waals surface area contributed by atoms with Gasteiger partial charge >= 0.3 is 0 Å². The number of carbonyl (C=O) groups is 1. The Morgan fingerprint density at radius 1 is 1.10 bits per heavy atom. The number of thioether (sulfide) groups is 1. The molecule has 0 radical (unpaired) electrons. The van der Waals surface area contributed by atoms with Crippen LogP contribution in [0.3, 0.4) is 0 Å². The van der Waals surface area contributed by atoms with Crippen LogP contribution in [0, 0.1) is 6.92 Å². The Hall–Kier alpha value is -2.74. The second-order valence-electron chi connectivity index (χ2n) is 7.73. The molecular formula is C23H29N5O2S. The molecule has 8 heteroatoms. The first-order valence-electron chi connectivity index (χ1n) is 10.9. The van der Waals surface area contributed by atoms with Gasteiger partial charge in [-0.1, -0.05) is 24.6 Å². The number of carbonyl (C=O) groups excluding carboxylic acids is 1. The Bertz CT molecular complexity index is 1000.